The van der Waals surface area contributed by atoms with E-state index in [1.165, 1.54) is 0 Å². The Balaban J connectivity index is 1.98. The summed E-state index contributed by atoms with van der Waals surface area (Å²) in [5, 5.41) is 2.90. The topological polar surface area (TPSA) is 38.3 Å². The minimum Gasteiger partial charge on any atom is -0.497 e. The van der Waals surface area contributed by atoms with E-state index in [0.717, 1.165) is 5.75 Å². The number of anilines is 1. The number of rotatable bonds is 5. The largest absolute Gasteiger partial charge is 0.497 e. The standard InChI is InChI=1S/C21H18ClNO2/c1-25-19-14-12-18(13-15-19)23-20(24)21(22,16-8-4-2-5-9-16)17-10-6-3-7-11-17/h2-15H,1H3,(H,23,24). The van der Waals surface area contributed by atoms with Crippen LogP contribution in [0.25, 0.3) is 0 Å². The molecule has 3 nitrogen and oxygen atoms in total. The Morgan fingerprint density at radius 2 is 1.32 bits per heavy atom. The van der Waals surface area contributed by atoms with Crippen molar-refractivity contribution in [1.82, 2.24) is 0 Å². The van der Waals surface area contributed by atoms with Crippen molar-refractivity contribution in [2.24, 2.45) is 0 Å². The van der Waals surface area contributed by atoms with Crippen LogP contribution in [0.5, 0.6) is 5.75 Å². The quantitative estimate of drug-likeness (QED) is 0.669. The molecule has 0 fully saturated rings. The molecule has 0 aliphatic heterocycles. The molecule has 0 atom stereocenters. The van der Waals surface area contributed by atoms with Crippen LogP contribution in [0, 0.1) is 0 Å². The zero-order valence-corrected chi connectivity index (χ0v) is 14.5. The minimum atomic E-state index is -1.32. The van der Waals surface area contributed by atoms with E-state index in [9.17, 15) is 4.79 Å². The van der Waals surface area contributed by atoms with Gasteiger partial charge in [-0.2, -0.15) is 0 Å². The van der Waals surface area contributed by atoms with Gasteiger partial charge in [0.15, 0.2) is 4.87 Å². The maximum Gasteiger partial charge on any atom is 0.254 e. The van der Waals surface area contributed by atoms with Crippen molar-refractivity contribution >= 4 is 23.2 Å². The maximum atomic E-state index is 13.1. The molecule has 0 saturated carbocycles. The van der Waals surface area contributed by atoms with E-state index in [4.69, 9.17) is 16.3 Å². The number of hydrogen-bond acceptors (Lipinski definition) is 2. The van der Waals surface area contributed by atoms with Crippen LogP contribution < -0.4 is 10.1 Å². The Bertz CT molecular complexity index is 793. The predicted molar refractivity (Wildman–Crippen MR) is 101 cm³/mol. The van der Waals surface area contributed by atoms with Gasteiger partial charge >= 0.3 is 0 Å². The molecule has 25 heavy (non-hydrogen) atoms. The van der Waals surface area contributed by atoms with Crippen molar-refractivity contribution in [3.05, 3.63) is 96.1 Å². The number of benzene rings is 3. The second-order valence-corrected chi connectivity index (χ2v) is 6.14. The number of ether oxygens (including phenoxy) is 1. The Hall–Kier alpha value is -2.78. The maximum absolute atomic E-state index is 13.1. The molecular weight excluding hydrogens is 334 g/mol. The monoisotopic (exact) mass is 351 g/mol. The lowest BCUT2D eigenvalue weighted by Gasteiger charge is -2.27. The van der Waals surface area contributed by atoms with Crippen molar-refractivity contribution in [2.45, 2.75) is 4.87 Å². The summed E-state index contributed by atoms with van der Waals surface area (Å²) in [5.74, 6) is 0.415. The fraction of sp³-hybridized carbons (Fsp3) is 0.0952. The van der Waals surface area contributed by atoms with Gasteiger partial charge in [-0.1, -0.05) is 72.3 Å². The van der Waals surface area contributed by atoms with Crippen LogP contribution >= 0.6 is 11.6 Å². The average Bonchev–Trinajstić information content (AvgIpc) is 2.69. The lowest BCUT2D eigenvalue weighted by Crippen LogP contribution is -2.36. The number of halogens is 1. The molecule has 0 saturated heterocycles. The second kappa shape index (κ2) is 7.41. The minimum absolute atomic E-state index is 0.309. The van der Waals surface area contributed by atoms with Gasteiger partial charge in [-0.3, -0.25) is 4.79 Å². The molecule has 0 spiro atoms. The van der Waals surface area contributed by atoms with E-state index in [2.05, 4.69) is 5.32 Å². The first-order chi connectivity index (χ1) is 12.1. The van der Waals surface area contributed by atoms with Crippen LogP contribution in [-0.4, -0.2) is 13.0 Å². The smallest absolute Gasteiger partial charge is 0.254 e. The molecule has 0 aliphatic carbocycles. The third-order valence-electron chi connectivity index (χ3n) is 4.00. The summed E-state index contributed by atoms with van der Waals surface area (Å²) >= 11 is 6.91. The normalized spacial score (nSPS) is 11.0. The number of amides is 1. The first-order valence-corrected chi connectivity index (χ1v) is 8.28. The van der Waals surface area contributed by atoms with Gasteiger partial charge in [0.1, 0.15) is 5.75 Å². The van der Waals surface area contributed by atoms with Gasteiger partial charge in [0.25, 0.3) is 5.91 Å². The highest BCUT2D eigenvalue weighted by atomic mass is 35.5. The number of alkyl halides is 1. The zero-order chi connectivity index (χ0) is 17.7. The summed E-state index contributed by atoms with van der Waals surface area (Å²) in [6.07, 6.45) is 0. The number of hydrogen-bond donors (Lipinski definition) is 1. The molecule has 0 aromatic heterocycles. The highest BCUT2D eigenvalue weighted by Gasteiger charge is 2.40. The second-order valence-electron chi connectivity index (χ2n) is 5.57. The highest BCUT2D eigenvalue weighted by molar-refractivity contribution is 6.38. The highest BCUT2D eigenvalue weighted by Crippen LogP contribution is 2.38. The molecule has 1 N–H and O–H groups in total. The fourth-order valence-electron chi connectivity index (χ4n) is 2.66. The van der Waals surface area contributed by atoms with E-state index < -0.39 is 4.87 Å². The van der Waals surface area contributed by atoms with E-state index in [1.807, 2.05) is 60.7 Å². The third kappa shape index (κ3) is 3.52. The van der Waals surface area contributed by atoms with Crippen LogP contribution in [0.2, 0.25) is 0 Å². The molecule has 0 aliphatic rings. The molecule has 0 bridgehead atoms. The summed E-state index contributed by atoms with van der Waals surface area (Å²) in [6, 6.07) is 25.8. The fourth-order valence-corrected chi connectivity index (χ4v) is 2.96. The van der Waals surface area contributed by atoms with Crippen molar-refractivity contribution < 1.29 is 9.53 Å². The van der Waals surface area contributed by atoms with Gasteiger partial charge in [-0.25, -0.2) is 0 Å². The SMILES string of the molecule is COc1ccc(NC(=O)C(Cl)(c2ccccc2)c2ccccc2)cc1. The van der Waals surface area contributed by atoms with Gasteiger partial charge in [0, 0.05) is 5.69 Å². The summed E-state index contributed by atoms with van der Waals surface area (Å²) in [6.45, 7) is 0. The zero-order valence-electron chi connectivity index (χ0n) is 13.8. The molecular formula is C21H18ClNO2. The third-order valence-corrected chi connectivity index (χ3v) is 4.61. The van der Waals surface area contributed by atoms with Crippen LogP contribution in [0.4, 0.5) is 5.69 Å². The first-order valence-electron chi connectivity index (χ1n) is 7.90. The molecule has 0 unspecified atom stereocenters. The molecule has 126 valence electrons. The number of carbonyl (C=O) groups is 1. The number of carbonyl (C=O) groups excluding carboxylic acids is 1. The molecule has 0 radical (unpaired) electrons. The Kier molecular flexibility index (Phi) is 5.05. The van der Waals surface area contributed by atoms with Crippen LogP contribution in [-0.2, 0) is 9.67 Å². The summed E-state index contributed by atoms with van der Waals surface area (Å²) in [4.78, 5) is 11.8. The Morgan fingerprint density at radius 3 is 1.76 bits per heavy atom. The van der Waals surface area contributed by atoms with Crippen LogP contribution in [0.1, 0.15) is 11.1 Å². The van der Waals surface area contributed by atoms with E-state index in [1.54, 1.807) is 31.4 Å². The summed E-state index contributed by atoms with van der Waals surface area (Å²) < 4.78 is 5.14. The number of nitrogens with one attached hydrogen (secondary N) is 1. The molecule has 1 amide bonds. The van der Waals surface area contributed by atoms with Crippen molar-refractivity contribution in [3.63, 3.8) is 0 Å². The van der Waals surface area contributed by atoms with E-state index >= 15 is 0 Å². The predicted octanol–water partition coefficient (Wildman–Crippen LogP) is 4.82. The summed E-state index contributed by atoms with van der Waals surface area (Å²) in [5.41, 5.74) is 2.09. The molecule has 3 rings (SSSR count). The molecule has 4 heteroatoms. The number of methoxy groups -OCH3 is 1. The van der Waals surface area contributed by atoms with Crippen LogP contribution in [0.15, 0.2) is 84.9 Å². The molecule has 3 aromatic carbocycles. The molecule has 0 heterocycles. The lowest BCUT2D eigenvalue weighted by atomic mass is 9.89. The van der Waals surface area contributed by atoms with Gasteiger partial charge in [0.05, 0.1) is 7.11 Å². The van der Waals surface area contributed by atoms with Gasteiger partial charge in [-0.05, 0) is 35.4 Å². The van der Waals surface area contributed by atoms with Gasteiger partial charge < -0.3 is 10.1 Å². The Labute approximate surface area is 152 Å². The lowest BCUT2D eigenvalue weighted by molar-refractivity contribution is -0.117. The molecule has 3 aromatic rings. The first kappa shape index (κ1) is 17.1. The van der Waals surface area contributed by atoms with Crippen molar-refractivity contribution in [1.29, 1.82) is 0 Å². The summed E-state index contributed by atoms with van der Waals surface area (Å²) in [7, 11) is 1.60. The van der Waals surface area contributed by atoms with Crippen molar-refractivity contribution in [2.75, 3.05) is 12.4 Å². The van der Waals surface area contributed by atoms with E-state index in [-0.39, 0.29) is 5.91 Å². The van der Waals surface area contributed by atoms with Crippen molar-refractivity contribution in [3.8, 4) is 5.75 Å². The van der Waals surface area contributed by atoms with E-state index in [0.29, 0.717) is 16.8 Å². The van der Waals surface area contributed by atoms with Crippen LogP contribution in [0.3, 0.4) is 0 Å². The van der Waals surface area contributed by atoms with Gasteiger partial charge in [-0.15, -0.1) is 0 Å². The van der Waals surface area contributed by atoms with Gasteiger partial charge in [0.2, 0.25) is 0 Å². The average molecular weight is 352 g/mol. The Morgan fingerprint density at radius 1 is 0.840 bits per heavy atom.